The van der Waals surface area contributed by atoms with Gasteiger partial charge in [0.15, 0.2) is 0 Å². The van der Waals surface area contributed by atoms with Crippen LogP contribution < -0.4 is 10.1 Å². The summed E-state index contributed by atoms with van der Waals surface area (Å²) in [5, 5.41) is 14.5. The number of likely N-dealkylation sites (tertiary alicyclic amines) is 1. The molecule has 33 heavy (non-hydrogen) atoms. The minimum atomic E-state index is -0.297. The maximum Gasteiger partial charge on any atom is 0.237 e. The molecule has 3 aromatic rings. The smallest absolute Gasteiger partial charge is 0.237 e. The number of carbonyl (C=O) groups is 1. The Morgan fingerprint density at radius 2 is 2.06 bits per heavy atom. The van der Waals surface area contributed by atoms with Gasteiger partial charge in [0.25, 0.3) is 0 Å². The number of benzene rings is 2. The zero-order valence-electron chi connectivity index (χ0n) is 18.5. The predicted octanol–water partition coefficient (Wildman–Crippen LogP) is 2.51. The number of nitrogens with one attached hydrogen (secondary N) is 1. The maximum absolute atomic E-state index is 13.1. The fourth-order valence-electron chi connectivity index (χ4n) is 4.10. The largest absolute Gasteiger partial charge is 0.496 e. The van der Waals surface area contributed by atoms with Crippen LogP contribution in [0.2, 0.25) is 0 Å². The lowest BCUT2D eigenvalue weighted by atomic mass is 10.1. The number of amides is 1. The number of rotatable bonds is 9. The van der Waals surface area contributed by atoms with E-state index in [2.05, 4.69) is 25.7 Å². The van der Waals surface area contributed by atoms with E-state index < -0.39 is 0 Å². The molecule has 0 aliphatic carbocycles. The number of hydrogen-bond acceptors (Lipinski definition) is 6. The highest BCUT2D eigenvalue weighted by Gasteiger charge is 2.37. The van der Waals surface area contributed by atoms with Crippen molar-refractivity contribution in [3.63, 3.8) is 0 Å². The molecule has 2 heterocycles. The summed E-state index contributed by atoms with van der Waals surface area (Å²) in [6.07, 6.45) is 6.90. The topological polar surface area (TPSA) is 85.2 Å². The number of nitrogens with zero attached hydrogens (tertiary/aromatic N) is 5. The van der Waals surface area contributed by atoms with Gasteiger partial charge in [0.1, 0.15) is 17.9 Å². The van der Waals surface area contributed by atoms with Crippen molar-refractivity contribution < 1.29 is 13.9 Å². The SMILES string of the molecule is COc1ccccc1C=CCN1C[C@H](n2cnnn2)C[C@H]1C(=O)NCCc1ccc(F)cc1. The van der Waals surface area contributed by atoms with Crippen molar-refractivity contribution in [3.05, 3.63) is 77.9 Å². The van der Waals surface area contributed by atoms with Crippen molar-refractivity contribution in [2.45, 2.75) is 24.9 Å². The lowest BCUT2D eigenvalue weighted by Gasteiger charge is -2.22. The minimum absolute atomic E-state index is 0.0208. The summed E-state index contributed by atoms with van der Waals surface area (Å²) in [5.74, 6) is 0.509. The van der Waals surface area contributed by atoms with Crippen LogP contribution in [0.25, 0.3) is 6.08 Å². The van der Waals surface area contributed by atoms with Crippen LogP contribution in [-0.2, 0) is 11.2 Å². The molecule has 1 amide bonds. The van der Waals surface area contributed by atoms with E-state index in [0.717, 1.165) is 16.9 Å². The van der Waals surface area contributed by atoms with Crippen LogP contribution >= 0.6 is 0 Å². The van der Waals surface area contributed by atoms with Crippen LogP contribution in [0.5, 0.6) is 5.75 Å². The Morgan fingerprint density at radius 1 is 1.24 bits per heavy atom. The zero-order chi connectivity index (χ0) is 23.0. The van der Waals surface area contributed by atoms with Gasteiger partial charge in [0.05, 0.1) is 19.2 Å². The van der Waals surface area contributed by atoms with Crippen molar-refractivity contribution in [2.24, 2.45) is 0 Å². The van der Waals surface area contributed by atoms with Gasteiger partial charge >= 0.3 is 0 Å². The van der Waals surface area contributed by atoms with Gasteiger partial charge in [-0.15, -0.1) is 5.10 Å². The first-order valence-electron chi connectivity index (χ1n) is 10.9. The van der Waals surface area contributed by atoms with E-state index >= 15 is 0 Å². The molecule has 0 unspecified atom stereocenters. The number of halogens is 1. The van der Waals surface area contributed by atoms with Gasteiger partial charge in [-0.25, -0.2) is 9.07 Å². The number of methoxy groups -OCH3 is 1. The summed E-state index contributed by atoms with van der Waals surface area (Å²) >= 11 is 0. The minimum Gasteiger partial charge on any atom is -0.496 e. The summed E-state index contributed by atoms with van der Waals surface area (Å²) in [6, 6.07) is 13.9. The molecule has 1 aliphatic rings. The number of carbonyl (C=O) groups excluding carboxylic acids is 1. The normalized spacial score (nSPS) is 18.6. The van der Waals surface area contributed by atoms with Crippen molar-refractivity contribution in [2.75, 3.05) is 26.7 Å². The van der Waals surface area contributed by atoms with Crippen molar-refractivity contribution >= 4 is 12.0 Å². The van der Waals surface area contributed by atoms with Gasteiger partial charge in [0, 0.05) is 25.2 Å². The summed E-state index contributed by atoms with van der Waals surface area (Å²) in [6.45, 7) is 1.76. The highest BCUT2D eigenvalue weighted by atomic mass is 19.1. The van der Waals surface area contributed by atoms with E-state index in [1.165, 1.54) is 12.1 Å². The quantitative estimate of drug-likeness (QED) is 0.539. The molecule has 0 spiro atoms. The Balaban J connectivity index is 1.39. The van der Waals surface area contributed by atoms with Crippen LogP contribution in [0.3, 0.4) is 0 Å². The van der Waals surface area contributed by atoms with E-state index in [1.54, 1.807) is 30.3 Å². The summed E-state index contributed by atoms with van der Waals surface area (Å²) in [7, 11) is 1.65. The average molecular weight is 451 g/mol. The molecule has 4 rings (SSSR count). The Hall–Kier alpha value is -3.59. The summed E-state index contributed by atoms with van der Waals surface area (Å²) in [4.78, 5) is 15.2. The molecule has 172 valence electrons. The second-order valence-electron chi connectivity index (χ2n) is 7.96. The van der Waals surface area contributed by atoms with Crippen molar-refractivity contribution in [1.82, 2.24) is 30.4 Å². The van der Waals surface area contributed by atoms with Crippen LogP contribution in [0.4, 0.5) is 4.39 Å². The third-order valence-electron chi connectivity index (χ3n) is 5.83. The Labute approximate surface area is 192 Å². The number of hydrogen-bond donors (Lipinski definition) is 1. The van der Waals surface area contributed by atoms with E-state index in [-0.39, 0.29) is 23.8 Å². The highest BCUT2D eigenvalue weighted by Crippen LogP contribution is 2.27. The first-order valence-corrected chi connectivity index (χ1v) is 10.9. The lowest BCUT2D eigenvalue weighted by molar-refractivity contribution is -0.125. The molecular formula is C24H27FN6O2. The molecule has 0 saturated carbocycles. The second-order valence-corrected chi connectivity index (χ2v) is 7.96. The van der Waals surface area contributed by atoms with Crippen molar-refractivity contribution in [3.8, 4) is 5.75 Å². The third kappa shape index (κ3) is 5.81. The number of ether oxygens (including phenoxy) is 1. The molecule has 1 saturated heterocycles. The first kappa shape index (κ1) is 22.6. The number of para-hydroxylation sites is 1. The van der Waals surface area contributed by atoms with Crippen LogP contribution in [0, 0.1) is 5.82 Å². The molecule has 1 aromatic heterocycles. The van der Waals surface area contributed by atoms with Gasteiger partial charge in [0.2, 0.25) is 5.91 Å². The van der Waals surface area contributed by atoms with E-state index in [9.17, 15) is 9.18 Å². The number of aromatic nitrogens is 4. The molecule has 1 aliphatic heterocycles. The fraction of sp³-hybridized carbons (Fsp3) is 0.333. The van der Waals surface area contributed by atoms with E-state index in [0.29, 0.717) is 32.5 Å². The van der Waals surface area contributed by atoms with E-state index in [4.69, 9.17) is 4.74 Å². The molecular weight excluding hydrogens is 423 g/mol. The van der Waals surface area contributed by atoms with Crippen LogP contribution in [0.15, 0.2) is 60.9 Å². The molecule has 1 fully saturated rings. The van der Waals surface area contributed by atoms with Gasteiger partial charge < -0.3 is 10.1 Å². The average Bonchev–Trinajstić information content (AvgIpc) is 3.51. The molecule has 0 radical (unpaired) electrons. The molecule has 1 N–H and O–H groups in total. The Bertz CT molecular complexity index is 1070. The number of tetrazole rings is 1. The fourth-order valence-corrected chi connectivity index (χ4v) is 4.10. The third-order valence-corrected chi connectivity index (χ3v) is 5.83. The monoisotopic (exact) mass is 450 g/mol. The first-order chi connectivity index (χ1) is 16.1. The predicted molar refractivity (Wildman–Crippen MR) is 122 cm³/mol. The molecule has 0 bridgehead atoms. The molecule has 9 heteroatoms. The summed E-state index contributed by atoms with van der Waals surface area (Å²) in [5.41, 5.74) is 1.96. The van der Waals surface area contributed by atoms with Gasteiger partial charge in [-0.1, -0.05) is 42.5 Å². The lowest BCUT2D eigenvalue weighted by Crippen LogP contribution is -2.43. The van der Waals surface area contributed by atoms with Crippen LogP contribution in [-0.4, -0.2) is 63.8 Å². The molecule has 2 atom stereocenters. The van der Waals surface area contributed by atoms with Crippen LogP contribution in [0.1, 0.15) is 23.6 Å². The van der Waals surface area contributed by atoms with E-state index in [1.807, 2.05) is 36.4 Å². The highest BCUT2D eigenvalue weighted by molar-refractivity contribution is 5.82. The Kier molecular flexibility index (Phi) is 7.41. The maximum atomic E-state index is 13.1. The molecule has 8 nitrogen and oxygen atoms in total. The van der Waals surface area contributed by atoms with Gasteiger partial charge in [-0.05, 0) is 47.0 Å². The summed E-state index contributed by atoms with van der Waals surface area (Å²) < 4.78 is 20.2. The molecule has 2 aromatic carbocycles. The second kappa shape index (κ2) is 10.8. The van der Waals surface area contributed by atoms with Gasteiger partial charge in [-0.2, -0.15) is 0 Å². The standard InChI is InChI=1S/C24H27FN6O2/c1-33-23-7-3-2-5-19(23)6-4-14-30-16-21(31-17-27-28-29-31)15-22(30)24(32)26-13-12-18-8-10-20(25)11-9-18/h2-11,17,21-22H,12-16H2,1H3,(H,26,32)/t21-,22+/m1/s1. The van der Waals surface area contributed by atoms with Gasteiger partial charge in [-0.3, -0.25) is 9.69 Å². The van der Waals surface area contributed by atoms with Crippen molar-refractivity contribution in [1.29, 1.82) is 0 Å². The zero-order valence-corrected chi connectivity index (χ0v) is 18.5. The Morgan fingerprint density at radius 3 is 2.82 bits per heavy atom.